The van der Waals surface area contributed by atoms with Crippen molar-refractivity contribution in [1.29, 1.82) is 0 Å². The Bertz CT molecular complexity index is 895. The van der Waals surface area contributed by atoms with Crippen LogP contribution in [0.4, 0.5) is 5.82 Å². The van der Waals surface area contributed by atoms with Crippen LogP contribution >= 0.6 is 0 Å². The summed E-state index contributed by atoms with van der Waals surface area (Å²) in [7, 11) is 0. The zero-order valence-electron chi connectivity index (χ0n) is 14.5. The SMILES string of the molecule is C=Cc1ccc2c(c1)nc(N)c1nc(COCC)n(CC(C)C)c12. The Morgan fingerprint density at radius 2 is 2.12 bits per heavy atom. The number of nitrogens with zero attached hydrogens (tertiary/aromatic N) is 3. The number of rotatable bonds is 6. The minimum atomic E-state index is 0.457. The third kappa shape index (κ3) is 2.87. The molecule has 0 saturated heterocycles. The standard InChI is InChI=1S/C19H24N4O/c1-5-13-7-8-14-15(9-13)21-19(20)17-18(14)23(10-12(3)4)16(22-17)11-24-6-2/h5,7-9,12H,1,6,10-11H2,2-4H3,(H2,20,21). The number of fused-ring (bicyclic) bond motifs is 3. The average molecular weight is 324 g/mol. The van der Waals surface area contributed by atoms with Crippen LogP contribution in [-0.2, 0) is 17.9 Å². The lowest BCUT2D eigenvalue weighted by molar-refractivity contribution is 0.125. The first-order valence-electron chi connectivity index (χ1n) is 8.33. The van der Waals surface area contributed by atoms with Gasteiger partial charge in [-0.2, -0.15) is 0 Å². The number of benzene rings is 1. The van der Waals surface area contributed by atoms with Crippen LogP contribution in [0.5, 0.6) is 0 Å². The highest BCUT2D eigenvalue weighted by Crippen LogP contribution is 2.30. The molecule has 2 N–H and O–H groups in total. The second kappa shape index (κ2) is 6.61. The van der Waals surface area contributed by atoms with Gasteiger partial charge in [0.05, 0.1) is 11.0 Å². The molecule has 0 spiro atoms. The summed E-state index contributed by atoms with van der Waals surface area (Å²) in [4.78, 5) is 9.27. The number of anilines is 1. The van der Waals surface area contributed by atoms with Crippen LogP contribution < -0.4 is 5.73 Å². The predicted molar refractivity (Wildman–Crippen MR) is 99.7 cm³/mol. The number of aromatic nitrogens is 3. The van der Waals surface area contributed by atoms with E-state index in [-0.39, 0.29) is 0 Å². The Balaban J connectivity index is 2.33. The smallest absolute Gasteiger partial charge is 0.152 e. The van der Waals surface area contributed by atoms with Gasteiger partial charge < -0.3 is 15.0 Å². The monoisotopic (exact) mass is 324 g/mol. The van der Waals surface area contributed by atoms with E-state index in [1.807, 2.05) is 25.1 Å². The molecule has 3 rings (SSSR count). The Hall–Kier alpha value is -2.40. The molecule has 0 bridgehead atoms. The fourth-order valence-electron chi connectivity index (χ4n) is 2.97. The van der Waals surface area contributed by atoms with Crippen LogP contribution in [0.15, 0.2) is 24.8 Å². The van der Waals surface area contributed by atoms with Crippen molar-refractivity contribution in [1.82, 2.24) is 14.5 Å². The highest BCUT2D eigenvalue weighted by atomic mass is 16.5. The van der Waals surface area contributed by atoms with E-state index in [1.54, 1.807) is 0 Å². The fraction of sp³-hybridized carbons (Fsp3) is 0.368. The molecule has 0 amide bonds. The molecule has 0 saturated carbocycles. The lowest BCUT2D eigenvalue weighted by Crippen LogP contribution is -2.10. The van der Waals surface area contributed by atoms with E-state index in [9.17, 15) is 0 Å². The molecule has 5 heteroatoms. The van der Waals surface area contributed by atoms with Crippen molar-refractivity contribution in [3.63, 3.8) is 0 Å². The molecule has 0 aliphatic rings. The Morgan fingerprint density at radius 3 is 2.79 bits per heavy atom. The van der Waals surface area contributed by atoms with E-state index in [2.05, 4.69) is 36.0 Å². The zero-order valence-corrected chi connectivity index (χ0v) is 14.5. The van der Waals surface area contributed by atoms with E-state index in [4.69, 9.17) is 15.5 Å². The molecule has 5 nitrogen and oxygen atoms in total. The minimum absolute atomic E-state index is 0.457. The summed E-state index contributed by atoms with van der Waals surface area (Å²) in [6, 6.07) is 6.12. The van der Waals surface area contributed by atoms with E-state index in [0.717, 1.165) is 39.9 Å². The van der Waals surface area contributed by atoms with Crippen molar-refractivity contribution in [3.8, 4) is 0 Å². The number of hydrogen-bond acceptors (Lipinski definition) is 4. The molecule has 24 heavy (non-hydrogen) atoms. The lowest BCUT2D eigenvalue weighted by atomic mass is 10.1. The minimum Gasteiger partial charge on any atom is -0.382 e. The zero-order chi connectivity index (χ0) is 17.3. The largest absolute Gasteiger partial charge is 0.382 e. The summed E-state index contributed by atoms with van der Waals surface area (Å²) in [5.41, 5.74) is 9.89. The van der Waals surface area contributed by atoms with Crippen molar-refractivity contribution in [2.45, 2.75) is 33.9 Å². The first-order valence-corrected chi connectivity index (χ1v) is 8.33. The summed E-state index contributed by atoms with van der Waals surface area (Å²) in [6.07, 6.45) is 1.81. The van der Waals surface area contributed by atoms with Gasteiger partial charge >= 0.3 is 0 Å². The lowest BCUT2D eigenvalue weighted by Gasteiger charge is -2.13. The van der Waals surface area contributed by atoms with Crippen LogP contribution in [0.3, 0.4) is 0 Å². The molecule has 1 aromatic carbocycles. The first-order chi connectivity index (χ1) is 11.5. The highest BCUT2D eigenvalue weighted by molar-refractivity contribution is 6.07. The number of hydrogen-bond donors (Lipinski definition) is 1. The van der Waals surface area contributed by atoms with Crippen molar-refractivity contribution in [2.75, 3.05) is 12.3 Å². The topological polar surface area (TPSA) is 66.0 Å². The van der Waals surface area contributed by atoms with Gasteiger partial charge in [-0.05, 0) is 24.5 Å². The molecule has 0 radical (unpaired) electrons. The highest BCUT2D eigenvalue weighted by Gasteiger charge is 2.18. The Labute approximate surface area is 142 Å². The summed E-state index contributed by atoms with van der Waals surface area (Å²) in [6.45, 7) is 12.2. The van der Waals surface area contributed by atoms with Crippen LogP contribution in [0.2, 0.25) is 0 Å². The molecule has 2 heterocycles. The van der Waals surface area contributed by atoms with E-state index in [0.29, 0.717) is 24.9 Å². The Morgan fingerprint density at radius 1 is 1.33 bits per heavy atom. The van der Waals surface area contributed by atoms with Gasteiger partial charge in [0.15, 0.2) is 5.82 Å². The molecule has 0 unspecified atom stereocenters. The molecular formula is C19H24N4O. The van der Waals surface area contributed by atoms with Gasteiger partial charge in [0.25, 0.3) is 0 Å². The molecule has 0 aliphatic heterocycles. The summed E-state index contributed by atoms with van der Waals surface area (Å²) < 4.78 is 7.83. The van der Waals surface area contributed by atoms with Crippen molar-refractivity contribution in [3.05, 3.63) is 36.2 Å². The van der Waals surface area contributed by atoms with Gasteiger partial charge in [0.2, 0.25) is 0 Å². The van der Waals surface area contributed by atoms with Crippen LogP contribution in [0.1, 0.15) is 32.2 Å². The first kappa shape index (κ1) is 16.5. The molecule has 0 atom stereocenters. The number of pyridine rings is 1. The van der Waals surface area contributed by atoms with Gasteiger partial charge in [0, 0.05) is 18.5 Å². The summed E-state index contributed by atoms with van der Waals surface area (Å²) >= 11 is 0. The number of nitrogens with two attached hydrogens (primary N) is 1. The molecular weight excluding hydrogens is 300 g/mol. The van der Waals surface area contributed by atoms with E-state index < -0.39 is 0 Å². The maximum Gasteiger partial charge on any atom is 0.152 e. The van der Waals surface area contributed by atoms with Gasteiger partial charge in [-0.3, -0.25) is 0 Å². The summed E-state index contributed by atoms with van der Waals surface area (Å²) in [5.74, 6) is 1.84. The average Bonchev–Trinajstić information content (AvgIpc) is 2.91. The van der Waals surface area contributed by atoms with E-state index >= 15 is 0 Å². The van der Waals surface area contributed by atoms with Crippen molar-refractivity contribution in [2.24, 2.45) is 5.92 Å². The van der Waals surface area contributed by atoms with Gasteiger partial charge in [-0.1, -0.05) is 38.6 Å². The normalized spacial score (nSPS) is 11.7. The fourth-order valence-corrected chi connectivity index (χ4v) is 2.97. The quantitative estimate of drug-likeness (QED) is 0.744. The maximum absolute atomic E-state index is 6.20. The number of nitrogen functional groups attached to an aromatic ring is 1. The van der Waals surface area contributed by atoms with Gasteiger partial charge in [-0.25, -0.2) is 9.97 Å². The molecule has 126 valence electrons. The van der Waals surface area contributed by atoms with Crippen LogP contribution in [-0.4, -0.2) is 21.1 Å². The van der Waals surface area contributed by atoms with Crippen LogP contribution in [0, 0.1) is 5.92 Å². The Kier molecular flexibility index (Phi) is 4.53. The second-order valence-electron chi connectivity index (χ2n) is 6.34. The molecule has 0 fully saturated rings. The molecule has 3 aromatic rings. The van der Waals surface area contributed by atoms with Gasteiger partial charge in [-0.15, -0.1) is 0 Å². The predicted octanol–water partition coefficient (Wildman–Crippen LogP) is 4.00. The second-order valence-corrected chi connectivity index (χ2v) is 6.34. The third-order valence-electron chi connectivity index (χ3n) is 4.03. The third-order valence-corrected chi connectivity index (χ3v) is 4.03. The van der Waals surface area contributed by atoms with E-state index in [1.165, 1.54) is 0 Å². The maximum atomic E-state index is 6.20. The van der Waals surface area contributed by atoms with Crippen LogP contribution in [0.25, 0.3) is 28.0 Å². The number of ether oxygens (including phenoxy) is 1. The molecule has 2 aromatic heterocycles. The summed E-state index contributed by atoms with van der Waals surface area (Å²) in [5, 5.41) is 1.06. The number of imidazole rings is 1. The van der Waals surface area contributed by atoms with Crippen molar-refractivity contribution >= 4 is 33.8 Å². The van der Waals surface area contributed by atoms with Gasteiger partial charge in [0.1, 0.15) is 17.9 Å². The van der Waals surface area contributed by atoms with Crippen molar-refractivity contribution < 1.29 is 4.74 Å². The molecule has 0 aliphatic carbocycles.